The summed E-state index contributed by atoms with van der Waals surface area (Å²) in [6.45, 7) is 4.06. The molecule has 1 N–H and O–H groups in total. The quantitative estimate of drug-likeness (QED) is 0.660. The number of nitrogens with zero attached hydrogens (tertiary/aromatic N) is 2. The van der Waals surface area contributed by atoms with Crippen molar-refractivity contribution in [3.63, 3.8) is 0 Å². The molecular weight excluding hydrogens is 326 g/mol. The highest BCUT2D eigenvalue weighted by Crippen LogP contribution is 2.38. The van der Waals surface area contributed by atoms with Crippen molar-refractivity contribution in [2.75, 3.05) is 13.2 Å². The Bertz CT molecular complexity index is 732. The van der Waals surface area contributed by atoms with E-state index in [1.807, 2.05) is 37.3 Å². The van der Waals surface area contributed by atoms with Gasteiger partial charge in [0.15, 0.2) is 5.11 Å². The number of thiocarbonyl (C=S) groups is 1. The largest absolute Gasteiger partial charge is 0.465 e. The molecule has 2 aromatic rings. The Labute approximate surface area is 145 Å². The van der Waals surface area contributed by atoms with Crippen LogP contribution in [0.3, 0.4) is 0 Å². The van der Waals surface area contributed by atoms with E-state index in [0.29, 0.717) is 11.7 Å². The van der Waals surface area contributed by atoms with Crippen molar-refractivity contribution in [1.29, 1.82) is 0 Å². The predicted octanol–water partition coefficient (Wildman–Crippen LogP) is 2.52. The fourth-order valence-electron chi connectivity index (χ4n) is 2.84. The highest BCUT2D eigenvalue weighted by Gasteiger charge is 2.42. The first kappa shape index (κ1) is 16.4. The van der Waals surface area contributed by atoms with Gasteiger partial charge in [-0.05, 0) is 50.3 Å². The monoisotopic (exact) mass is 345 g/mol. The van der Waals surface area contributed by atoms with Gasteiger partial charge in [0.2, 0.25) is 0 Å². The predicted molar refractivity (Wildman–Crippen MR) is 92.2 cm³/mol. The SMILES string of the molecule is CCOC(=O)CN1C(=S)NC(c2ccccn2)C1c1ccc(C)o1. The minimum atomic E-state index is -0.323. The first-order valence-corrected chi connectivity index (χ1v) is 8.21. The lowest BCUT2D eigenvalue weighted by molar-refractivity contribution is -0.143. The molecule has 126 valence electrons. The van der Waals surface area contributed by atoms with Crippen molar-refractivity contribution in [3.8, 4) is 0 Å². The number of nitrogens with one attached hydrogen (secondary N) is 1. The van der Waals surface area contributed by atoms with Gasteiger partial charge < -0.3 is 19.4 Å². The van der Waals surface area contributed by atoms with Crippen molar-refractivity contribution >= 4 is 23.3 Å². The fourth-order valence-corrected chi connectivity index (χ4v) is 3.15. The molecule has 2 atom stereocenters. The van der Waals surface area contributed by atoms with Crippen LogP contribution in [0.5, 0.6) is 0 Å². The van der Waals surface area contributed by atoms with Gasteiger partial charge in [-0.2, -0.15) is 0 Å². The van der Waals surface area contributed by atoms with Crippen LogP contribution in [0.15, 0.2) is 40.9 Å². The molecule has 24 heavy (non-hydrogen) atoms. The van der Waals surface area contributed by atoms with Crippen LogP contribution >= 0.6 is 12.2 Å². The van der Waals surface area contributed by atoms with Crippen molar-refractivity contribution in [3.05, 3.63) is 53.7 Å². The molecule has 0 bridgehead atoms. The molecule has 1 saturated heterocycles. The number of hydrogen-bond donors (Lipinski definition) is 1. The molecule has 7 heteroatoms. The van der Waals surface area contributed by atoms with Crippen LogP contribution in [-0.4, -0.2) is 34.1 Å². The number of furan rings is 1. The smallest absolute Gasteiger partial charge is 0.325 e. The number of ether oxygens (including phenoxy) is 1. The lowest BCUT2D eigenvalue weighted by Crippen LogP contribution is -2.35. The zero-order valence-electron chi connectivity index (χ0n) is 13.6. The molecular formula is C17H19N3O3S. The maximum Gasteiger partial charge on any atom is 0.325 e. The first-order valence-electron chi connectivity index (χ1n) is 7.80. The fraction of sp³-hybridized carbons (Fsp3) is 0.353. The molecule has 2 aromatic heterocycles. The van der Waals surface area contributed by atoms with Crippen LogP contribution in [0.25, 0.3) is 0 Å². The molecule has 2 unspecified atom stereocenters. The molecule has 0 saturated carbocycles. The first-order chi connectivity index (χ1) is 11.6. The number of esters is 1. The van der Waals surface area contributed by atoms with Gasteiger partial charge in [-0.25, -0.2) is 0 Å². The number of rotatable bonds is 5. The summed E-state index contributed by atoms with van der Waals surface area (Å²) in [5, 5.41) is 3.74. The van der Waals surface area contributed by atoms with E-state index in [0.717, 1.165) is 17.2 Å². The van der Waals surface area contributed by atoms with Gasteiger partial charge >= 0.3 is 5.97 Å². The highest BCUT2D eigenvalue weighted by atomic mass is 32.1. The summed E-state index contributed by atoms with van der Waals surface area (Å²) < 4.78 is 10.9. The molecule has 6 nitrogen and oxygen atoms in total. The zero-order chi connectivity index (χ0) is 17.1. The molecule has 1 aliphatic heterocycles. The van der Waals surface area contributed by atoms with E-state index < -0.39 is 0 Å². The van der Waals surface area contributed by atoms with E-state index in [1.54, 1.807) is 18.0 Å². The van der Waals surface area contributed by atoms with Crippen LogP contribution in [-0.2, 0) is 9.53 Å². The lowest BCUT2D eigenvalue weighted by Gasteiger charge is -2.25. The third-order valence-corrected chi connectivity index (χ3v) is 4.21. The molecule has 0 aliphatic carbocycles. The summed E-state index contributed by atoms with van der Waals surface area (Å²) in [4.78, 5) is 18.2. The summed E-state index contributed by atoms with van der Waals surface area (Å²) >= 11 is 5.44. The van der Waals surface area contributed by atoms with Gasteiger partial charge in [0.25, 0.3) is 0 Å². The van der Waals surface area contributed by atoms with Crippen LogP contribution < -0.4 is 5.32 Å². The van der Waals surface area contributed by atoms with Crippen molar-refractivity contribution < 1.29 is 13.9 Å². The minimum Gasteiger partial charge on any atom is -0.465 e. The minimum absolute atomic E-state index is 0.0629. The molecule has 1 aliphatic rings. The van der Waals surface area contributed by atoms with Gasteiger partial charge in [0, 0.05) is 6.20 Å². The molecule has 3 heterocycles. The Morgan fingerprint density at radius 1 is 1.42 bits per heavy atom. The van der Waals surface area contributed by atoms with E-state index >= 15 is 0 Å². The maximum absolute atomic E-state index is 12.0. The van der Waals surface area contributed by atoms with E-state index in [9.17, 15) is 4.79 Å². The molecule has 0 aromatic carbocycles. The number of carbonyl (C=O) groups excluding carboxylic acids is 1. The topological polar surface area (TPSA) is 67.6 Å². The second-order valence-electron chi connectivity index (χ2n) is 5.51. The molecule has 0 amide bonds. The summed E-state index contributed by atoms with van der Waals surface area (Å²) in [5.41, 5.74) is 0.838. The van der Waals surface area contributed by atoms with Crippen molar-refractivity contribution in [2.24, 2.45) is 0 Å². The maximum atomic E-state index is 12.0. The van der Waals surface area contributed by atoms with Gasteiger partial charge in [-0.15, -0.1) is 0 Å². The Balaban J connectivity index is 1.95. The number of carbonyl (C=O) groups is 1. The Kier molecular flexibility index (Phi) is 4.80. The average Bonchev–Trinajstić information content (AvgIpc) is 3.13. The van der Waals surface area contributed by atoms with Gasteiger partial charge in [-0.3, -0.25) is 9.78 Å². The highest BCUT2D eigenvalue weighted by molar-refractivity contribution is 7.80. The summed E-state index contributed by atoms with van der Waals surface area (Å²) in [7, 11) is 0. The third kappa shape index (κ3) is 3.26. The van der Waals surface area contributed by atoms with Crippen molar-refractivity contribution in [2.45, 2.75) is 25.9 Å². The number of hydrogen-bond acceptors (Lipinski definition) is 5. The van der Waals surface area contributed by atoms with E-state index in [2.05, 4.69) is 10.3 Å². The van der Waals surface area contributed by atoms with Gasteiger partial charge in [0.05, 0.1) is 18.3 Å². The Hall–Kier alpha value is -2.41. The number of pyridine rings is 1. The van der Waals surface area contributed by atoms with Crippen LogP contribution in [0.2, 0.25) is 0 Å². The van der Waals surface area contributed by atoms with E-state index in [1.165, 1.54) is 0 Å². The van der Waals surface area contributed by atoms with Gasteiger partial charge in [-0.1, -0.05) is 6.07 Å². The van der Waals surface area contributed by atoms with Crippen LogP contribution in [0.4, 0.5) is 0 Å². The van der Waals surface area contributed by atoms with E-state index in [-0.39, 0.29) is 24.6 Å². The Morgan fingerprint density at radius 3 is 2.88 bits per heavy atom. The zero-order valence-corrected chi connectivity index (χ0v) is 14.4. The van der Waals surface area contributed by atoms with Crippen LogP contribution in [0, 0.1) is 6.92 Å². The summed E-state index contributed by atoms with van der Waals surface area (Å²) in [6.07, 6.45) is 1.73. The third-order valence-electron chi connectivity index (χ3n) is 3.86. The number of aromatic nitrogens is 1. The molecule has 1 fully saturated rings. The standard InChI is InChI=1S/C17H19N3O3S/c1-3-22-14(21)10-20-16(13-8-7-11(2)23-13)15(19-17(20)24)12-6-4-5-9-18-12/h4-9,15-16H,3,10H2,1-2H3,(H,19,24). The number of aryl methyl sites for hydroxylation is 1. The lowest BCUT2D eigenvalue weighted by atomic mass is 10.0. The van der Waals surface area contributed by atoms with Gasteiger partial charge in [0.1, 0.15) is 24.1 Å². The molecule has 3 rings (SSSR count). The Morgan fingerprint density at radius 2 is 2.25 bits per heavy atom. The van der Waals surface area contributed by atoms with Crippen molar-refractivity contribution in [1.82, 2.24) is 15.2 Å². The van der Waals surface area contributed by atoms with E-state index in [4.69, 9.17) is 21.4 Å². The second-order valence-corrected chi connectivity index (χ2v) is 5.89. The summed E-state index contributed by atoms with van der Waals surface area (Å²) in [6, 6.07) is 9.06. The summed E-state index contributed by atoms with van der Waals surface area (Å²) in [5.74, 6) is 1.22. The van der Waals surface area contributed by atoms with Crippen LogP contribution in [0.1, 0.15) is 36.2 Å². The molecule has 0 spiro atoms. The molecule has 0 radical (unpaired) electrons. The normalized spacial score (nSPS) is 20.1. The second kappa shape index (κ2) is 7.00. The average molecular weight is 345 g/mol.